The molecule has 4 nitrogen and oxygen atoms in total. The van der Waals surface area contributed by atoms with Crippen LogP contribution in [0.1, 0.15) is 11.1 Å². The Hall–Kier alpha value is -2.91. The first-order chi connectivity index (χ1) is 14.2. The molecule has 4 rings (SSSR count). The van der Waals surface area contributed by atoms with Crippen LogP contribution in [0, 0.1) is 0 Å². The molecule has 0 aliphatic heterocycles. The highest BCUT2D eigenvalue weighted by molar-refractivity contribution is 7.93. The van der Waals surface area contributed by atoms with E-state index < -0.39 is 27.3 Å². The number of pyridine rings is 1. The molecule has 2 aromatic carbocycles. The zero-order valence-electron chi connectivity index (χ0n) is 15.3. The number of alkyl halides is 3. The lowest BCUT2D eigenvalue weighted by Crippen LogP contribution is -2.09. The topological polar surface area (TPSA) is 73.1 Å². The number of anilines is 1. The first-order valence-electron chi connectivity index (χ1n) is 8.79. The Morgan fingerprint density at radius 3 is 2.17 bits per heavy atom. The summed E-state index contributed by atoms with van der Waals surface area (Å²) in [5.41, 5.74) is 5.65. The van der Waals surface area contributed by atoms with Crippen molar-refractivity contribution in [2.24, 2.45) is 0 Å². The fraction of sp³-hybridized carbons (Fsp3) is 0.0952. The molecule has 0 fully saturated rings. The minimum absolute atomic E-state index is 0.0622. The van der Waals surface area contributed by atoms with Gasteiger partial charge in [0.15, 0.2) is 9.84 Å². The van der Waals surface area contributed by atoms with Gasteiger partial charge in [0.05, 0.1) is 22.7 Å². The van der Waals surface area contributed by atoms with E-state index in [0.29, 0.717) is 22.5 Å². The molecule has 2 N–H and O–H groups in total. The maximum Gasteiger partial charge on any atom is 0.417 e. The monoisotopic (exact) mass is 448 g/mol. The SMILES string of the molecule is Nc1c(S(=O)(=O)Cc2ccccc2)sc2nc(-c3ccccc3)cc(C(F)(F)F)c12. The molecule has 0 unspecified atom stereocenters. The van der Waals surface area contributed by atoms with Crippen molar-refractivity contribution in [3.8, 4) is 11.3 Å². The van der Waals surface area contributed by atoms with E-state index in [0.717, 1.165) is 6.07 Å². The Morgan fingerprint density at radius 2 is 1.57 bits per heavy atom. The third-order valence-electron chi connectivity index (χ3n) is 4.52. The number of nitrogens with two attached hydrogens (primary N) is 1. The van der Waals surface area contributed by atoms with Crippen LogP contribution in [0.5, 0.6) is 0 Å². The third-order valence-corrected chi connectivity index (χ3v) is 7.93. The zero-order valence-corrected chi connectivity index (χ0v) is 17.0. The van der Waals surface area contributed by atoms with E-state index in [4.69, 9.17) is 5.73 Å². The molecule has 0 saturated heterocycles. The molecular weight excluding hydrogens is 433 g/mol. The van der Waals surface area contributed by atoms with Crippen LogP contribution < -0.4 is 5.73 Å². The third kappa shape index (κ3) is 3.78. The number of hydrogen-bond donors (Lipinski definition) is 1. The first kappa shape index (κ1) is 20.4. The highest BCUT2D eigenvalue weighted by Gasteiger charge is 2.37. The van der Waals surface area contributed by atoms with E-state index in [2.05, 4.69) is 4.98 Å². The summed E-state index contributed by atoms with van der Waals surface area (Å²) in [6.45, 7) is 0. The number of sulfone groups is 1. The van der Waals surface area contributed by atoms with Crippen molar-refractivity contribution >= 4 is 37.1 Å². The maximum atomic E-state index is 13.8. The van der Waals surface area contributed by atoms with Gasteiger partial charge in [0, 0.05) is 10.9 Å². The summed E-state index contributed by atoms with van der Waals surface area (Å²) in [6, 6.07) is 17.7. The quantitative estimate of drug-likeness (QED) is 0.445. The minimum Gasteiger partial charge on any atom is -0.396 e. The molecule has 2 heterocycles. The summed E-state index contributed by atoms with van der Waals surface area (Å²) >= 11 is 0.665. The molecule has 154 valence electrons. The molecule has 0 amide bonds. The van der Waals surface area contributed by atoms with E-state index >= 15 is 0 Å². The predicted octanol–water partition coefficient (Wildman–Crippen LogP) is 5.54. The van der Waals surface area contributed by atoms with Gasteiger partial charge >= 0.3 is 6.18 Å². The average molecular weight is 448 g/mol. The van der Waals surface area contributed by atoms with Gasteiger partial charge in [-0.25, -0.2) is 13.4 Å². The van der Waals surface area contributed by atoms with Crippen molar-refractivity contribution in [1.82, 2.24) is 4.98 Å². The second kappa shape index (κ2) is 7.41. The molecule has 0 saturated carbocycles. The molecule has 0 spiro atoms. The van der Waals surface area contributed by atoms with E-state index in [9.17, 15) is 21.6 Å². The van der Waals surface area contributed by atoms with Crippen molar-refractivity contribution in [2.75, 3.05) is 5.73 Å². The number of fused-ring (bicyclic) bond motifs is 1. The second-order valence-corrected chi connectivity index (χ2v) is 9.83. The van der Waals surface area contributed by atoms with E-state index in [1.165, 1.54) is 0 Å². The van der Waals surface area contributed by atoms with Crippen molar-refractivity contribution in [3.05, 3.63) is 77.9 Å². The molecule has 4 aromatic rings. The van der Waals surface area contributed by atoms with Gasteiger partial charge in [0.1, 0.15) is 9.04 Å². The van der Waals surface area contributed by atoms with E-state index in [-0.39, 0.29) is 25.9 Å². The van der Waals surface area contributed by atoms with Crippen LogP contribution in [-0.4, -0.2) is 13.4 Å². The Balaban J connectivity index is 1.93. The van der Waals surface area contributed by atoms with Crippen molar-refractivity contribution in [3.63, 3.8) is 0 Å². The summed E-state index contributed by atoms with van der Waals surface area (Å²) in [5.74, 6) is -0.363. The number of nitrogen functional groups attached to an aromatic ring is 1. The van der Waals surface area contributed by atoms with Crippen LogP contribution in [-0.2, 0) is 21.8 Å². The number of benzene rings is 2. The molecule has 0 radical (unpaired) electrons. The normalized spacial score (nSPS) is 12.4. The number of halogens is 3. The molecule has 0 atom stereocenters. The fourth-order valence-corrected chi connectivity index (χ4v) is 6.15. The van der Waals surface area contributed by atoms with Crippen LogP contribution in [0.4, 0.5) is 18.9 Å². The van der Waals surface area contributed by atoms with Gasteiger partial charge in [-0.05, 0) is 11.6 Å². The number of nitrogens with zero attached hydrogens (tertiary/aromatic N) is 1. The van der Waals surface area contributed by atoms with Crippen molar-refractivity contribution in [2.45, 2.75) is 16.1 Å². The summed E-state index contributed by atoms with van der Waals surface area (Å²) < 4.78 is 67.0. The fourth-order valence-electron chi connectivity index (χ4n) is 3.17. The summed E-state index contributed by atoms with van der Waals surface area (Å²) in [4.78, 5) is 4.23. The number of aromatic nitrogens is 1. The Morgan fingerprint density at radius 1 is 0.967 bits per heavy atom. The van der Waals surface area contributed by atoms with Crippen LogP contribution in [0.2, 0.25) is 0 Å². The van der Waals surface area contributed by atoms with Crippen LogP contribution in [0.3, 0.4) is 0 Å². The summed E-state index contributed by atoms with van der Waals surface area (Å²) in [7, 11) is -3.96. The summed E-state index contributed by atoms with van der Waals surface area (Å²) in [5, 5.41) is -0.376. The smallest absolute Gasteiger partial charge is 0.396 e. The van der Waals surface area contributed by atoms with Gasteiger partial charge in [0.25, 0.3) is 0 Å². The molecule has 0 aliphatic rings. The number of thiophene rings is 1. The molecule has 30 heavy (non-hydrogen) atoms. The Kier molecular flexibility index (Phi) is 5.03. The zero-order chi connectivity index (χ0) is 21.5. The van der Waals surface area contributed by atoms with Crippen molar-refractivity contribution in [1.29, 1.82) is 0 Å². The highest BCUT2D eigenvalue weighted by Crippen LogP contribution is 2.45. The molecule has 9 heteroatoms. The van der Waals surface area contributed by atoms with E-state index in [1.54, 1.807) is 60.7 Å². The lowest BCUT2D eigenvalue weighted by atomic mass is 10.1. The van der Waals surface area contributed by atoms with Crippen LogP contribution >= 0.6 is 11.3 Å². The first-order valence-corrected chi connectivity index (χ1v) is 11.3. The van der Waals surface area contributed by atoms with Crippen molar-refractivity contribution < 1.29 is 21.6 Å². The van der Waals surface area contributed by atoms with Gasteiger partial charge < -0.3 is 5.73 Å². The number of hydrogen-bond acceptors (Lipinski definition) is 5. The molecular formula is C21H15F3N2O2S2. The Labute approximate surface area is 174 Å². The van der Waals surface area contributed by atoms with Crippen LogP contribution in [0.15, 0.2) is 70.9 Å². The largest absolute Gasteiger partial charge is 0.417 e. The number of rotatable bonds is 4. The minimum atomic E-state index is -4.72. The molecule has 0 aliphatic carbocycles. The van der Waals surface area contributed by atoms with E-state index in [1.807, 2.05) is 0 Å². The lowest BCUT2D eigenvalue weighted by Gasteiger charge is -2.11. The van der Waals surface area contributed by atoms with Gasteiger partial charge in [0.2, 0.25) is 0 Å². The predicted molar refractivity (Wildman–Crippen MR) is 112 cm³/mol. The second-order valence-electron chi connectivity index (χ2n) is 6.65. The standard InChI is InChI=1S/C21H15F3N2O2S2/c22-21(23,24)15-11-16(14-9-5-2-6-10-14)26-19-17(15)18(25)20(29-19)30(27,28)12-13-7-3-1-4-8-13/h1-11H,12,25H2. The molecule has 0 bridgehead atoms. The van der Waals surface area contributed by atoms with Crippen LogP contribution in [0.25, 0.3) is 21.5 Å². The summed E-state index contributed by atoms with van der Waals surface area (Å²) in [6.07, 6.45) is -4.72. The Bertz CT molecular complexity index is 1320. The van der Waals surface area contributed by atoms with Gasteiger partial charge in [-0.1, -0.05) is 60.7 Å². The van der Waals surface area contributed by atoms with Gasteiger partial charge in [-0.15, -0.1) is 11.3 Å². The highest BCUT2D eigenvalue weighted by atomic mass is 32.2. The maximum absolute atomic E-state index is 13.8. The average Bonchev–Trinajstić information content (AvgIpc) is 3.05. The van der Waals surface area contributed by atoms with Gasteiger partial charge in [-0.3, -0.25) is 0 Å². The van der Waals surface area contributed by atoms with Gasteiger partial charge in [-0.2, -0.15) is 13.2 Å². The molecule has 2 aromatic heterocycles. The lowest BCUT2D eigenvalue weighted by molar-refractivity contribution is -0.136.